The molecule has 0 nitrogen and oxygen atoms in total. The van der Waals surface area contributed by atoms with Gasteiger partial charge in [0.15, 0.2) is 0 Å². The highest BCUT2D eigenvalue weighted by atomic mass is 35.5. The van der Waals surface area contributed by atoms with E-state index in [0.29, 0.717) is 10.4 Å². The van der Waals surface area contributed by atoms with E-state index in [1.807, 2.05) is 0 Å². The molecule has 3 rings (SSSR count). The molecule has 0 radical (unpaired) electrons. The Hall–Kier alpha value is -0.970. The first-order valence-corrected chi connectivity index (χ1v) is 6.82. The number of rotatable bonds is 0. The first kappa shape index (κ1) is 13.0. The Morgan fingerprint density at radius 1 is 0.947 bits per heavy atom. The van der Waals surface area contributed by atoms with E-state index >= 15 is 0 Å². The van der Waals surface area contributed by atoms with Crippen LogP contribution in [0.1, 0.15) is 5.56 Å². The Balaban J connectivity index is 2.50. The third-order valence-corrected chi connectivity index (χ3v) is 4.57. The zero-order valence-electron chi connectivity index (χ0n) is 9.18. The van der Waals surface area contributed by atoms with Gasteiger partial charge in [-0.1, -0.05) is 35.3 Å². The van der Waals surface area contributed by atoms with Crippen molar-refractivity contribution in [2.75, 3.05) is 0 Å². The molecular weight excluding hydrogens is 316 g/mol. The van der Waals surface area contributed by atoms with Crippen LogP contribution in [0.3, 0.4) is 0 Å². The first-order valence-electron chi connectivity index (χ1n) is 5.25. The van der Waals surface area contributed by atoms with Gasteiger partial charge in [-0.2, -0.15) is 13.2 Å². The lowest BCUT2D eigenvalue weighted by atomic mass is 10.1. The van der Waals surface area contributed by atoms with Crippen molar-refractivity contribution >= 4 is 54.7 Å². The number of benzene rings is 2. The molecule has 2 aromatic carbocycles. The van der Waals surface area contributed by atoms with Gasteiger partial charge in [0.2, 0.25) is 0 Å². The van der Waals surface area contributed by atoms with E-state index in [-0.39, 0.29) is 9.72 Å². The molecular formula is C13H5Cl2F3S. The van der Waals surface area contributed by atoms with Crippen molar-refractivity contribution in [3.8, 4) is 0 Å². The summed E-state index contributed by atoms with van der Waals surface area (Å²) < 4.78 is 40.1. The monoisotopic (exact) mass is 320 g/mol. The van der Waals surface area contributed by atoms with Gasteiger partial charge in [0.25, 0.3) is 0 Å². The SMILES string of the molecule is FC(F)(F)c1c(Cl)ccc2c1sc1cc(Cl)ccc12. The standard InChI is InChI=1S/C13H5Cl2F3S/c14-6-1-2-7-8-3-4-9(15)11(13(16,17)18)12(8)19-10(7)5-6/h1-5H. The molecule has 98 valence electrons. The molecule has 6 heteroatoms. The summed E-state index contributed by atoms with van der Waals surface area (Å²) in [5.41, 5.74) is -0.774. The zero-order chi connectivity index (χ0) is 13.8. The number of thiophene rings is 1. The maximum absolute atomic E-state index is 13.1. The Morgan fingerprint density at radius 3 is 2.32 bits per heavy atom. The molecule has 0 saturated carbocycles. The van der Waals surface area contributed by atoms with Gasteiger partial charge in [-0.05, 0) is 18.2 Å². The van der Waals surface area contributed by atoms with Crippen LogP contribution in [0.25, 0.3) is 20.2 Å². The van der Waals surface area contributed by atoms with Gasteiger partial charge in [-0.3, -0.25) is 0 Å². The highest BCUT2D eigenvalue weighted by Crippen LogP contribution is 2.45. The minimum Gasteiger partial charge on any atom is -0.166 e. The molecule has 0 spiro atoms. The van der Waals surface area contributed by atoms with Gasteiger partial charge in [0.1, 0.15) is 0 Å². The highest BCUT2D eigenvalue weighted by molar-refractivity contribution is 7.26. The van der Waals surface area contributed by atoms with Crippen LogP contribution in [0, 0.1) is 0 Å². The molecule has 0 fully saturated rings. The van der Waals surface area contributed by atoms with Crippen LogP contribution < -0.4 is 0 Å². The second-order valence-corrected chi connectivity index (χ2v) is 5.94. The van der Waals surface area contributed by atoms with Gasteiger partial charge < -0.3 is 0 Å². The Bertz CT molecular complexity index is 790. The van der Waals surface area contributed by atoms with E-state index in [2.05, 4.69) is 0 Å². The molecule has 0 N–H and O–H groups in total. The second-order valence-electron chi connectivity index (χ2n) is 4.04. The van der Waals surface area contributed by atoms with Crippen molar-refractivity contribution in [1.82, 2.24) is 0 Å². The third-order valence-electron chi connectivity index (χ3n) is 2.84. The van der Waals surface area contributed by atoms with Crippen LogP contribution in [0.2, 0.25) is 10.0 Å². The first-order chi connectivity index (χ1) is 8.88. The Morgan fingerprint density at radius 2 is 1.63 bits per heavy atom. The average Bonchev–Trinajstić information content (AvgIpc) is 2.63. The topological polar surface area (TPSA) is 0 Å². The normalized spacial score (nSPS) is 12.5. The molecule has 1 aromatic heterocycles. The fourth-order valence-corrected chi connectivity index (χ4v) is 3.92. The van der Waals surface area contributed by atoms with Crippen molar-refractivity contribution in [3.05, 3.63) is 45.9 Å². The summed E-state index contributed by atoms with van der Waals surface area (Å²) in [6.07, 6.45) is -4.47. The summed E-state index contributed by atoms with van der Waals surface area (Å²) >= 11 is 12.6. The van der Waals surface area contributed by atoms with Crippen LogP contribution in [-0.4, -0.2) is 0 Å². The Kier molecular flexibility index (Phi) is 2.93. The van der Waals surface area contributed by atoms with E-state index in [1.165, 1.54) is 6.07 Å². The summed E-state index contributed by atoms with van der Waals surface area (Å²) in [6.45, 7) is 0. The van der Waals surface area contributed by atoms with E-state index in [0.717, 1.165) is 21.4 Å². The van der Waals surface area contributed by atoms with Gasteiger partial charge in [-0.25, -0.2) is 0 Å². The second kappa shape index (κ2) is 4.27. The van der Waals surface area contributed by atoms with Crippen LogP contribution in [0.15, 0.2) is 30.3 Å². The molecule has 0 aliphatic carbocycles. The van der Waals surface area contributed by atoms with Gasteiger partial charge in [0, 0.05) is 25.2 Å². The number of hydrogen-bond acceptors (Lipinski definition) is 1. The smallest absolute Gasteiger partial charge is 0.166 e. The van der Waals surface area contributed by atoms with Crippen LogP contribution in [0.5, 0.6) is 0 Å². The largest absolute Gasteiger partial charge is 0.419 e. The molecule has 0 aliphatic heterocycles. The van der Waals surface area contributed by atoms with E-state index < -0.39 is 11.7 Å². The molecule has 0 amide bonds. The third kappa shape index (κ3) is 2.08. The van der Waals surface area contributed by atoms with Gasteiger partial charge in [-0.15, -0.1) is 11.3 Å². The van der Waals surface area contributed by atoms with Crippen LogP contribution in [-0.2, 0) is 6.18 Å². The predicted octanol–water partition coefficient (Wildman–Crippen LogP) is 6.38. The van der Waals surface area contributed by atoms with Crippen molar-refractivity contribution in [3.63, 3.8) is 0 Å². The summed E-state index contributed by atoms with van der Waals surface area (Å²) in [4.78, 5) is 0. The van der Waals surface area contributed by atoms with E-state index in [1.54, 1.807) is 24.3 Å². The van der Waals surface area contributed by atoms with E-state index in [9.17, 15) is 13.2 Å². The fourth-order valence-electron chi connectivity index (χ4n) is 2.05. The minimum absolute atomic E-state index is 0.150. The van der Waals surface area contributed by atoms with Gasteiger partial charge in [0.05, 0.1) is 10.6 Å². The van der Waals surface area contributed by atoms with Crippen molar-refractivity contribution < 1.29 is 13.2 Å². The lowest BCUT2D eigenvalue weighted by Crippen LogP contribution is -2.05. The van der Waals surface area contributed by atoms with Crippen LogP contribution in [0.4, 0.5) is 13.2 Å². The molecule has 0 aliphatic rings. The molecule has 0 saturated heterocycles. The lowest BCUT2D eigenvalue weighted by Gasteiger charge is -2.09. The molecule has 1 heterocycles. The van der Waals surface area contributed by atoms with Gasteiger partial charge >= 0.3 is 6.18 Å². The summed E-state index contributed by atoms with van der Waals surface area (Å²) in [5.74, 6) is 0. The van der Waals surface area contributed by atoms with Crippen LogP contribution >= 0.6 is 34.5 Å². The van der Waals surface area contributed by atoms with Crippen molar-refractivity contribution in [2.24, 2.45) is 0 Å². The summed E-state index contributed by atoms with van der Waals surface area (Å²) in [5, 5.41) is 1.52. The highest BCUT2D eigenvalue weighted by Gasteiger charge is 2.36. The number of hydrogen-bond donors (Lipinski definition) is 0. The maximum atomic E-state index is 13.1. The molecule has 3 aromatic rings. The van der Waals surface area contributed by atoms with Crippen molar-refractivity contribution in [1.29, 1.82) is 0 Å². The number of halogens is 5. The quantitative estimate of drug-likeness (QED) is 0.451. The van der Waals surface area contributed by atoms with Crippen molar-refractivity contribution in [2.45, 2.75) is 6.18 Å². The fraction of sp³-hybridized carbons (Fsp3) is 0.0769. The lowest BCUT2D eigenvalue weighted by molar-refractivity contribution is -0.136. The molecule has 0 atom stereocenters. The maximum Gasteiger partial charge on any atom is 0.419 e. The van der Waals surface area contributed by atoms with E-state index in [4.69, 9.17) is 23.2 Å². The summed E-state index contributed by atoms with van der Waals surface area (Å²) in [6, 6.07) is 7.95. The molecule has 0 bridgehead atoms. The minimum atomic E-state index is -4.47. The average molecular weight is 321 g/mol. The zero-order valence-corrected chi connectivity index (χ0v) is 11.5. The number of fused-ring (bicyclic) bond motifs is 3. The Labute approximate surface area is 120 Å². The molecule has 19 heavy (non-hydrogen) atoms. The summed E-state index contributed by atoms with van der Waals surface area (Å²) in [7, 11) is 0. The molecule has 0 unspecified atom stereocenters. The number of alkyl halides is 3. The predicted molar refractivity (Wildman–Crippen MR) is 74.4 cm³/mol.